The van der Waals surface area contributed by atoms with Crippen molar-refractivity contribution in [3.05, 3.63) is 77.7 Å². The molecule has 0 atom stereocenters. The molecular formula is C22H20N4O3. The number of ether oxygens (including phenoxy) is 1. The highest BCUT2D eigenvalue weighted by atomic mass is 16.5. The Bertz CT molecular complexity index is 1050. The van der Waals surface area contributed by atoms with Gasteiger partial charge in [0.25, 0.3) is 5.91 Å². The van der Waals surface area contributed by atoms with E-state index in [0.717, 1.165) is 24.1 Å². The number of rotatable bonds is 4. The molecular weight excluding hydrogens is 368 g/mol. The van der Waals surface area contributed by atoms with Gasteiger partial charge in [0, 0.05) is 12.2 Å². The van der Waals surface area contributed by atoms with Gasteiger partial charge in [0.05, 0.1) is 30.8 Å². The molecule has 0 saturated heterocycles. The van der Waals surface area contributed by atoms with Gasteiger partial charge in [-0.05, 0) is 36.6 Å². The number of para-hydroxylation sites is 2. The molecule has 0 aliphatic carbocycles. The summed E-state index contributed by atoms with van der Waals surface area (Å²) >= 11 is 0. The zero-order valence-electron chi connectivity index (χ0n) is 16.0. The first-order chi connectivity index (χ1) is 14.2. The van der Waals surface area contributed by atoms with E-state index in [-0.39, 0.29) is 11.6 Å². The van der Waals surface area contributed by atoms with Gasteiger partial charge in [-0.25, -0.2) is 14.8 Å². The SMILES string of the molecule is COC(=O)c1ccccc1Nc1cnc(C(=O)N2CCCc3ccccc32)cn1. The molecule has 0 spiro atoms. The lowest BCUT2D eigenvalue weighted by Gasteiger charge is -2.29. The number of hydrogen-bond donors (Lipinski definition) is 1. The smallest absolute Gasteiger partial charge is 0.339 e. The van der Waals surface area contributed by atoms with Gasteiger partial charge >= 0.3 is 5.97 Å². The zero-order chi connectivity index (χ0) is 20.2. The van der Waals surface area contributed by atoms with Gasteiger partial charge in [-0.3, -0.25) is 4.79 Å². The van der Waals surface area contributed by atoms with Gasteiger partial charge in [0.15, 0.2) is 0 Å². The number of carbonyl (C=O) groups excluding carboxylic acids is 2. The second-order valence-corrected chi connectivity index (χ2v) is 6.64. The number of aromatic nitrogens is 2. The minimum Gasteiger partial charge on any atom is -0.465 e. The fourth-order valence-electron chi connectivity index (χ4n) is 3.40. The number of amides is 1. The molecule has 0 fully saturated rings. The number of nitrogens with zero attached hydrogens (tertiary/aromatic N) is 3. The summed E-state index contributed by atoms with van der Waals surface area (Å²) < 4.78 is 4.80. The van der Waals surface area contributed by atoms with E-state index in [2.05, 4.69) is 15.3 Å². The van der Waals surface area contributed by atoms with E-state index < -0.39 is 5.97 Å². The summed E-state index contributed by atoms with van der Waals surface area (Å²) in [5.74, 6) is -0.195. The number of hydrogen-bond acceptors (Lipinski definition) is 6. The summed E-state index contributed by atoms with van der Waals surface area (Å²) in [5.41, 5.74) is 3.31. The number of esters is 1. The quantitative estimate of drug-likeness (QED) is 0.688. The van der Waals surface area contributed by atoms with Crippen molar-refractivity contribution in [2.24, 2.45) is 0 Å². The van der Waals surface area contributed by atoms with Gasteiger partial charge in [0.2, 0.25) is 0 Å². The van der Waals surface area contributed by atoms with Crippen LogP contribution >= 0.6 is 0 Å². The summed E-state index contributed by atoms with van der Waals surface area (Å²) in [6.07, 6.45) is 4.81. The molecule has 7 nitrogen and oxygen atoms in total. The van der Waals surface area contributed by atoms with Gasteiger partial charge < -0.3 is 15.0 Å². The third kappa shape index (κ3) is 3.80. The van der Waals surface area contributed by atoms with Crippen molar-refractivity contribution in [3.63, 3.8) is 0 Å². The maximum Gasteiger partial charge on any atom is 0.339 e. The highest BCUT2D eigenvalue weighted by molar-refractivity contribution is 6.05. The van der Waals surface area contributed by atoms with E-state index >= 15 is 0 Å². The number of benzene rings is 2. The van der Waals surface area contributed by atoms with Gasteiger partial charge in [-0.1, -0.05) is 30.3 Å². The molecule has 0 bridgehead atoms. The number of aryl methyl sites for hydroxylation is 1. The van der Waals surface area contributed by atoms with E-state index in [9.17, 15) is 9.59 Å². The van der Waals surface area contributed by atoms with Gasteiger partial charge in [-0.15, -0.1) is 0 Å². The fourth-order valence-corrected chi connectivity index (χ4v) is 3.40. The van der Waals surface area contributed by atoms with Crippen molar-refractivity contribution in [1.82, 2.24) is 9.97 Å². The molecule has 3 aromatic rings. The topological polar surface area (TPSA) is 84.4 Å². The Morgan fingerprint density at radius 2 is 1.83 bits per heavy atom. The first kappa shape index (κ1) is 18.6. The Morgan fingerprint density at radius 3 is 2.62 bits per heavy atom. The van der Waals surface area contributed by atoms with Crippen LogP contribution in [-0.2, 0) is 11.2 Å². The maximum atomic E-state index is 13.0. The van der Waals surface area contributed by atoms with Crippen molar-refractivity contribution >= 4 is 29.1 Å². The lowest BCUT2D eigenvalue weighted by molar-refractivity contribution is 0.0601. The Morgan fingerprint density at radius 1 is 1.03 bits per heavy atom. The minimum atomic E-state index is -0.448. The molecule has 1 amide bonds. The Hall–Kier alpha value is -3.74. The highest BCUT2D eigenvalue weighted by Crippen LogP contribution is 2.28. The van der Waals surface area contributed by atoms with Crippen LogP contribution in [0.25, 0.3) is 0 Å². The predicted octanol–water partition coefficient (Wildman–Crippen LogP) is 3.60. The van der Waals surface area contributed by atoms with Crippen LogP contribution in [0.1, 0.15) is 32.8 Å². The van der Waals surface area contributed by atoms with Crippen molar-refractivity contribution in [3.8, 4) is 0 Å². The number of nitrogens with one attached hydrogen (secondary N) is 1. The highest BCUT2D eigenvalue weighted by Gasteiger charge is 2.24. The van der Waals surface area contributed by atoms with E-state index in [1.54, 1.807) is 29.2 Å². The summed E-state index contributed by atoms with van der Waals surface area (Å²) in [4.78, 5) is 35.2. The van der Waals surface area contributed by atoms with E-state index in [1.165, 1.54) is 19.5 Å². The van der Waals surface area contributed by atoms with E-state index in [1.807, 2.05) is 24.3 Å². The zero-order valence-corrected chi connectivity index (χ0v) is 16.0. The summed E-state index contributed by atoms with van der Waals surface area (Å²) in [7, 11) is 1.33. The van der Waals surface area contributed by atoms with Crippen LogP contribution < -0.4 is 10.2 Å². The van der Waals surface area contributed by atoms with Gasteiger partial charge in [-0.2, -0.15) is 0 Å². The molecule has 1 aliphatic rings. The Kier molecular flexibility index (Phi) is 5.20. The average molecular weight is 388 g/mol. The monoisotopic (exact) mass is 388 g/mol. The van der Waals surface area contributed by atoms with Crippen LogP contribution in [0, 0.1) is 0 Å². The Labute approximate surface area is 168 Å². The molecule has 29 heavy (non-hydrogen) atoms. The summed E-state index contributed by atoms with van der Waals surface area (Å²) in [5, 5.41) is 3.05. The van der Waals surface area contributed by atoms with E-state index in [0.29, 0.717) is 23.6 Å². The third-order valence-electron chi connectivity index (χ3n) is 4.82. The molecule has 2 aromatic carbocycles. The van der Waals surface area contributed by atoms with Crippen LogP contribution in [0.5, 0.6) is 0 Å². The van der Waals surface area contributed by atoms with Gasteiger partial charge in [0.1, 0.15) is 11.5 Å². The van der Waals surface area contributed by atoms with Crippen molar-refractivity contribution in [2.75, 3.05) is 23.9 Å². The normalized spacial score (nSPS) is 12.8. The Balaban J connectivity index is 1.54. The lowest BCUT2D eigenvalue weighted by Crippen LogP contribution is -2.36. The molecule has 1 aromatic heterocycles. The third-order valence-corrected chi connectivity index (χ3v) is 4.82. The molecule has 146 valence electrons. The molecule has 0 saturated carbocycles. The fraction of sp³-hybridized carbons (Fsp3) is 0.182. The summed E-state index contributed by atoms with van der Waals surface area (Å²) in [6, 6.07) is 14.9. The molecule has 2 heterocycles. The second kappa shape index (κ2) is 8.10. The maximum absolute atomic E-state index is 13.0. The molecule has 7 heteroatoms. The van der Waals surface area contributed by atoms with Crippen LogP contribution in [0.4, 0.5) is 17.2 Å². The first-order valence-corrected chi connectivity index (χ1v) is 9.33. The van der Waals surface area contributed by atoms with Crippen LogP contribution in [-0.4, -0.2) is 35.5 Å². The number of methoxy groups -OCH3 is 1. The number of anilines is 3. The molecule has 0 radical (unpaired) electrons. The molecule has 4 rings (SSSR count). The molecule has 1 N–H and O–H groups in total. The van der Waals surface area contributed by atoms with E-state index in [4.69, 9.17) is 4.74 Å². The standard InChI is InChI=1S/C22H20N4O3/c1-29-22(28)16-9-3-4-10-17(16)25-20-14-23-18(13-24-20)21(27)26-12-6-8-15-7-2-5-11-19(15)26/h2-5,7,9-11,13-14H,6,8,12H2,1H3,(H,24,25). The van der Waals surface area contributed by atoms with Crippen molar-refractivity contribution < 1.29 is 14.3 Å². The lowest BCUT2D eigenvalue weighted by atomic mass is 10.0. The number of carbonyl (C=O) groups is 2. The van der Waals surface area contributed by atoms with Crippen molar-refractivity contribution in [1.29, 1.82) is 0 Å². The van der Waals surface area contributed by atoms with Crippen LogP contribution in [0.3, 0.4) is 0 Å². The van der Waals surface area contributed by atoms with Crippen LogP contribution in [0.2, 0.25) is 0 Å². The second-order valence-electron chi connectivity index (χ2n) is 6.64. The summed E-state index contributed by atoms with van der Waals surface area (Å²) in [6.45, 7) is 0.657. The average Bonchev–Trinajstić information content (AvgIpc) is 2.78. The molecule has 1 aliphatic heterocycles. The molecule has 0 unspecified atom stereocenters. The minimum absolute atomic E-state index is 0.175. The van der Waals surface area contributed by atoms with Crippen LogP contribution in [0.15, 0.2) is 60.9 Å². The van der Waals surface area contributed by atoms with Crippen molar-refractivity contribution in [2.45, 2.75) is 12.8 Å². The number of fused-ring (bicyclic) bond motifs is 1. The largest absolute Gasteiger partial charge is 0.465 e. The first-order valence-electron chi connectivity index (χ1n) is 9.33. The predicted molar refractivity (Wildman–Crippen MR) is 110 cm³/mol.